The molecule has 0 saturated heterocycles. The topological polar surface area (TPSA) is 173 Å². The van der Waals surface area contributed by atoms with Crippen molar-refractivity contribution in [1.29, 1.82) is 0 Å². The molecule has 0 spiro atoms. The van der Waals surface area contributed by atoms with Crippen LogP contribution in [-0.2, 0) is 9.59 Å². The summed E-state index contributed by atoms with van der Waals surface area (Å²) >= 11 is 0. The van der Waals surface area contributed by atoms with E-state index in [-0.39, 0.29) is 33.0 Å². The van der Waals surface area contributed by atoms with Gasteiger partial charge < -0.3 is 10.2 Å². The summed E-state index contributed by atoms with van der Waals surface area (Å²) in [6.45, 7) is -1.35. The lowest BCUT2D eigenvalue weighted by molar-refractivity contribution is -0.137. The first kappa shape index (κ1) is 19.2. The predicted molar refractivity (Wildman–Crippen MR) is 96.2 cm³/mol. The zero-order valence-electron chi connectivity index (χ0n) is 15.0. The van der Waals surface area contributed by atoms with Crippen LogP contribution < -0.4 is 10.9 Å². The Bertz CT molecular complexity index is 1040. The second-order valence-corrected chi connectivity index (χ2v) is 6.42. The number of imide groups is 2. The van der Waals surface area contributed by atoms with Crippen molar-refractivity contribution in [3.63, 3.8) is 0 Å². The Hall–Kier alpha value is -4.16. The van der Waals surface area contributed by atoms with Gasteiger partial charge in [-0.05, 0) is 24.3 Å². The highest BCUT2D eigenvalue weighted by Crippen LogP contribution is 2.37. The normalized spacial score (nSPS) is 15.2. The highest BCUT2D eigenvalue weighted by atomic mass is 16.4. The molecule has 4 rings (SSSR count). The number of carboxylic acids is 2. The van der Waals surface area contributed by atoms with Gasteiger partial charge in [0.25, 0.3) is 23.6 Å². The van der Waals surface area contributed by atoms with Crippen LogP contribution >= 0.6 is 0 Å². The molecule has 0 aromatic heterocycles. The summed E-state index contributed by atoms with van der Waals surface area (Å²) < 4.78 is 0. The lowest BCUT2D eigenvalue weighted by Gasteiger charge is -2.31. The minimum absolute atomic E-state index is 0.00985. The molecule has 12 heteroatoms. The van der Waals surface area contributed by atoms with E-state index >= 15 is 0 Å². The first-order valence-corrected chi connectivity index (χ1v) is 8.50. The number of hydrogen-bond acceptors (Lipinski definition) is 8. The maximum Gasteiger partial charge on any atom is 0.319 e. The van der Waals surface area contributed by atoms with Crippen molar-refractivity contribution in [3.05, 3.63) is 46.5 Å². The average molecular weight is 412 g/mol. The van der Waals surface area contributed by atoms with Crippen molar-refractivity contribution in [3.8, 4) is 0 Å². The van der Waals surface area contributed by atoms with Crippen LogP contribution in [0, 0.1) is 0 Å². The monoisotopic (exact) mass is 412 g/mol. The van der Waals surface area contributed by atoms with Crippen molar-refractivity contribution in [1.82, 2.24) is 20.9 Å². The minimum Gasteiger partial charge on any atom is -0.480 e. The van der Waals surface area contributed by atoms with Gasteiger partial charge in [-0.2, -0.15) is 0 Å². The average Bonchev–Trinajstić information content (AvgIpc) is 2.69. The number of amides is 4. The molecule has 0 fully saturated rings. The standard InChI is InChI=1S/C18H12N4O8/c23-11(24)5-19-21-15(27)7-1-2-8-14-10(4-3-9(13(7)14)17(21)29)18(30)22(16(8)28)20-6-12(25)26/h1-4,19-20H,5-6H2,(H,23,24)(H,25,26). The molecule has 12 nitrogen and oxygen atoms in total. The molecule has 0 unspecified atom stereocenters. The molecular formula is C18H12N4O8. The Kier molecular flexibility index (Phi) is 4.29. The molecule has 4 amide bonds. The van der Waals surface area contributed by atoms with E-state index in [0.717, 1.165) is 0 Å². The van der Waals surface area contributed by atoms with Gasteiger partial charge in [0, 0.05) is 10.8 Å². The predicted octanol–water partition coefficient (Wildman–Crippen LogP) is -0.790. The van der Waals surface area contributed by atoms with Crippen molar-refractivity contribution in [2.75, 3.05) is 13.1 Å². The molecule has 0 saturated carbocycles. The van der Waals surface area contributed by atoms with E-state index in [0.29, 0.717) is 10.0 Å². The highest BCUT2D eigenvalue weighted by molar-refractivity contribution is 6.33. The Morgan fingerprint density at radius 3 is 1.13 bits per heavy atom. The van der Waals surface area contributed by atoms with E-state index in [4.69, 9.17) is 10.2 Å². The number of carbonyl (C=O) groups is 6. The molecule has 0 bridgehead atoms. The summed E-state index contributed by atoms with van der Waals surface area (Å²) in [7, 11) is 0. The Labute approximate surface area is 166 Å². The van der Waals surface area contributed by atoms with Crippen molar-refractivity contribution >= 4 is 46.3 Å². The van der Waals surface area contributed by atoms with Crippen molar-refractivity contribution < 1.29 is 39.0 Å². The number of nitrogens with one attached hydrogen (secondary N) is 2. The molecular weight excluding hydrogens is 400 g/mol. The Balaban J connectivity index is 1.86. The van der Waals surface area contributed by atoms with Gasteiger partial charge in [-0.3, -0.25) is 28.8 Å². The van der Waals surface area contributed by atoms with E-state index in [2.05, 4.69) is 10.9 Å². The molecule has 0 radical (unpaired) electrons. The zero-order chi connectivity index (χ0) is 21.7. The summed E-state index contributed by atoms with van der Waals surface area (Å²) in [5.74, 6) is -5.88. The zero-order valence-corrected chi connectivity index (χ0v) is 15.0. The van der Waals surface area contributed by atoms with Crippen LogP contribution in [0.4, 0.5) is 0 Å². The largest absolute Gasteiger partial charge is 0.480 e. The van der Waals surface area contributed by atoms with E-state index in [1.807, 2.05) is 0 Å². The molecule has 2 aromatic rings. The second kappa shape index (κ2) is 6.72. The third kappa shape index (κ3) is 2.70. The Morgan fingerprint density at radius 1 is 0.633 bits per heavy atom. The summed E-state index contributed by atoms with van der Waals surface area (Å²) in [5.41, 5.74) is 4.52. The molecule has 4 N–H and O–H groups in total. The van der Waals surface area contributed by atoms with Gasteiger partial charge in [-0.15, -0.1) is 0 Å². The Morgan fingerprint density at radius 2 is 0.900 bits per heavy atom. The maximum absolute atomic E-state index is 12.8. The number of rotatable bonds is 6. The quantitative estimate of drug-likeness (QED) is 0.440. The number of aliphatic carboxylic acids is 2. The third-order valence-electron chi connectivity index (χ3n) is 4.67. The van der Waals surface area contributed by atoms with Crippen LogP contribution in [0.3, 0.4) is 0 Å². The fourth-order valence-corrected chi connectivity index (χ4v) is 3.46. The smallest absolute Gasteiger partial charge is 0.319 e. The van der Waals surface area contributed by atoms with Gasteiger partial charge in [-0.1, -0.05) is 0 Å². The number of benzene rings is 2. The fourth-order valence-electron chi connectivity index (χ4n) is 3.46. The SMILES string of the molecule is O=C(O)CNN1C(=O)c2ccc3c4c(ccc(c24)C1=O)C(=O)N(NCC(=O)O)C3=O. The number of hydrogen-bond donors (Lipinski definition) is 4. The van der Waals surface area contributed by atoms with Crippen molar-refractivity contribution in [2.45, 2.75) is 0 Å². The fraction of sp³-hybridized carbons (Fsp3) is 0.111. The van der Waals surface area contributed by atoms with Gasteiger partial charge >= 0.3 is 11.9 Å². The van der Waals surface area contributed by atoms with Crippen LogP contribution in [0.5, 0.6) is 0 Å². The lowest BCUT2D eigenvalue weighted by atomic mass is 9.86. The first-order valence-electron chi connectivity index (χ1n) is 8.50. The van der Waals surface area contributed by atoms with Crippen LogP contribution in [-0.4, -0.2) is 68.9 Å². The molecule has 2 aliphatic rings. The van der Waals surface area contributed by atoms with Crippen LogP contribution in [0.2, 0.25) is 0 Å². The van der Waals surface area contributed by atoms with E-state index in [1.54, 1.807) is 0 Å². The highest BCUT2D eigenvalue weighted by Gasteiger charge is 2.40. The second-order valence-electron chi connectivity index (χ2n) is 6.42. The molecule has 0 atom stereocenters. The lowest BCUT2D eigenvalue weighted by Crippen LogP contribution is -2.52. The molecule has 152 valence electrons. The number of nitrogens with zero attached hydrogens (tertiary/aromatic N) is 2. The molecule has 30 heavy (non-hydrogen) atoms. The molecule has 2 aromatic carbocycles. The summed E-state index contributed by atoms with van der Waals surface area (Å²) in [6, 6.07) is 5.16. The van der Waals surface area contributed by atoms with Gasteiger partial charge in [0.2, 0.25) is 0 Å². The van der Waals surface area contributed by atoms with E-state index in [1.165, 1.54) is 24.3 Å². The van der Waals surface area contributed by atoms with E-state index < -0.39 is 48.7 Å². The van der Waals surface area contributed by atoms with Gasteiger partial charge in [-0.25, -0.2) is 20.9 Å². The first-order chi connectivity index (χ1) is 14.2. The summed E-state index contributed by atoms with van der Waals surface area (Å²) in [5, 5.41) is 19.0. The van der Waals surface area contributed by atoms with E-state index in [9.17, 15) is 28.8 Å². The minimum atomic E-state index is -1.28. The van der Waals surface area contributed by atoms with Crippen molar-refractivity contribution in [2.24, 2.45) is 0 Å². The van der Waals surface area contributed by atoms with Gasteiger partial charge in [0.05, 0.1) is 22.3 Å². The maximum atomic E-state index is 12.8. The number of carboxylic acid groups (broad SMARTS) is 2. The molecule has 2 aliphatic heterocycles. The molecule has 2 heterocycles. The number of hydrazine groups is 2. The number of carbonyl (C=O) groups excluding carboxylic acids is 4. The summed E-state index contributed by atoms with van der Waals surface area (Å²) in [6.07, 6.45) is 0. The van der Waals surface area contributed by atoms with Crippen LogP contribution in [0.15, 0.2) is 24.3 Å². The van der Waals surface area contributed by atoms with Gasteiger partial charge in [0.1, 0.15) is 13.1 Å². The summed E-state index contributed by atoms with van der Waals surface area (Å²) in [4.78, 5) is 72.6. The van der Waals surface area contributed by atoms with Gasteiger partial charge in [0.15, 0.2) is 0 Å². The van der Waals surface area contributed by atoms with Crippen LogP contribution in [0.25, 0.3) is 10.8 Å². The molecule has 0 aliphatic carbocycles. The van der Waals surface area contributed by atoms with Crippen LogP contribution in [0.1, 0.15) is 41.4 Å². The third-order valence-corrected chi connectivity index (χ3v) is 4.67.